The van der Waals surface area contributed by atoms with Gasteiger partial charge in [-0.15, -0.1) is 0 Å². The minimum atomic E-state index is -0.678. The zero-order valence-corrected chi connectivity index (χ0v) is 11.1. The number of fused-ring (bicyclic) bond motifs is 1. The first-order valence-corrected chi connectivity index (χ1v) is 6.41. The number of aliphatic hydroxyl groups excluding tert-OH is 1. The van der Waals surface area contributed by atoms with E-state index in [0.717, 1.165) is 0 Å². The number of hydrogen-bond acceptors (Lipinski definition) is 4. The first kappa shape index (κ1) is 13.7. The van der Waals surface area contributed by atoms with Crippen LogP contribution in [0.25, 0.3) is 0 Å². The molecule has 1 aliphatic rings. The Morgan fingerprint density at radius 1 is 1.42 bits per heavy atom. The first-order chi connectivity index (χ1) is 9.11. The summed E-state index contributed by atoms with van der Waals surface area (Å²) < 4.78 is 11.1. The van der Waals surface area contributed by atoms with Gasteiger partial charge in [-0.1, -0.05) is 26.0 Å². The van der Waals surface area contributed by atoms with Crippen molar-refractivity contribution in [1.82, 2.24) is 5.32 Å². The number of carbonyl (C=O) groups excluding carboxylic acids is 1. The Hall–Kier alpha value is -1.75. The second-order valence-electron chi connectivity index (χ2n) is 4.91. The Kier molecular flexibility index (Phi) is 4.27. The highest BCUT2D eigenvalue weighted by Crippen LogP contribution is 2.30. The van der Waals surface area contributed by atoms with E-state index < -0.39 is 6.10 Å². The molecule has 0 fully saturated rings. The van der Waals surface area contributed by atoms with Crippen molar-refractivity contribution in [3.63, 3.8) is 0 Å². The number of benzene rings is 1. The third-order valence-corrected chi connectivity index (χ3v) is 3.13. The van der Waals surface area contributed by atoms with Crippen LogP contribution in [-0.2, 0) is 4.79 Å². The van der Waals surface area contributed by atoms with Crippen molar-refractivity contribution in [3.05, 3.63) is 24.3 Å². The lowest BCUT2D eigenvalue weighted by Gasteiger charge is -2.28. The molecule has 0 saturated carbocycles. The minimum Gasteiger partial charge on any atom is -0.485 e. The molecule has 104 valence electrons. The number of hydrogen-bond donors (Lipinski definition) is 2. The molecule has 2 atom stereocenters. The Balaban J connectivity index is 1.99. The topological polar surface area (TPSA) is 67.8 Å². The highest BCUT2D eigenvalue weighted by Gasteiger charge is 2.29. The van der Waals surface area contributed by atoms with Crippen LogP contribution in [0.3, 0.4) is 0 Å². The molecule has 0 radical (unpaired) electrons. The van der Waals surface area contributed by atoms with Crippen LogP contribution in [0.4, 0.5) is 0 Å². The van der Waals surface area contributed by atoms with Crippen LogP contribution >= 0.6 is 0 Å². The molecule has 0 saturated heterocycles. The van der Waals surface area contributed by atoms with Gasteiger partial charge in [-0.05, 0) is 18.1 Å². The molecule has 0 aliphatic carbocycles. The summed E-state index contributed by atoms with van der Waals surface area (Å²) in [5.41, 5.74) is 0. The van der Waals surface area contributed by atoms with Crippen LogP contribution in [0.15, 0.2) is 24.3 Å². The molecule has 0 spiro atoms. The van der Waals surface area contributed by atoms with E-state index in [9.17, 15) is 9.90 Å². The second-order valence-corrected chi connectivity index (χ2v) is 4.91. The standard InChI is InChI=1S/C14H19NO4/c1-9(2)10(7-16)15-14(17)13-8-18-11-5-3-4-6-12(11)19-13/h3-6,9-10,13,16H,7-8H2,1-2H3,(H,15,17). The number of nitrogens with one attached hydrogen (secondary N) is 1. The predicted octanol–water partition coefficient (Wildman–Crippen LogP) is 0.959. The maximum absolute atomic E-state index is 12.1. The van der Waals surface area contributed by atoms with Crippen molar-refractivity contribution in [2.75, 3.05) is 13.2 Å². The number of aliphatic hydroxyl groups is 1. The van der Waals surface area contributed by atoms with Crippen molar-refractivity contribution in [2.24, 2.45) is 5.92 Å². The summed E-state index contributed by atoms with van der Waals surface area (Å²) in [5, 5.41) is 12.0. The first-order valence-electron chi connectivity index (χ1n) is 6.41. The van der Waals surface area contributed by atoms with Crippen LogP contribution < -0.4 is 14.8 Å². The molecule has 5 nitrogen and oxygen atoms in total. The summed E-state index contributed by atoms with van der Waals surface area (Å²) in [7, 11) is 0. The number of carbonyl (C=O) groups is 1. The average Bonchev–Trinajstić information content (AvgIpc) is 2.43. The minimum absolute atomic E-state index is 0.0897. The highest BCUT2D eigenvalue weighted by molar-refractivity contribution is 5.82. The molecule has 5 heteroatoms. The average molecular weight is 265 g/mol. The molecule has 0 aromatic heterocycles. The van der Waals surface area contributed by atoms with Crippen molar-refractivity contribution >= 4 is 5.91 Å². The van der Waals surface area contributed by atoms with Crippen LogP contribution in [0, 0.1) is 5.92 Å². The van der Waals surface area contributed by atoms with Gasteiger partial charge in [0.05, 0.1) is 12.6 Å². The predicted molar refractivity (Wildman–Crippen MR) is 70.2 cm³/mol. The number of rotatable bonds is 4. The van der Waals surface area contributed by atoms with Gasteiger partial charge in [0, 0.05) is 0 Å². The van der Waals surface area contributed by atoms with E-state index in [2.05, 4.69) is 5.32 Å². The zero-order chi connectivity index (χ0) is 13.8. The molecule has 2 rings (SSSR count). The SMILES string of the molecule is CC(C)C(CO)NC(=O)C1COc2ccccc2O1. The maximum atomic E-state index is 12.1. The van der Waals surface area contributed by atoms with Crippen LogP contribution in [0.1, 0.15) is 13.8 Å². The fourth-order valence-electron chi connectivity index (χ4n) is 1.85. The molecule has 1 aromatic carbocycles. The molecule has 1 aromatic rings. The molecule has 0 bridgehead atoms. The summed E-state index contributed by atoms with van der Waals surface area (Å²) in [6.45, 7) is 3.97. The van der Waals surface area contributed by atoms with Crippen molar-refractivity contribution in [2.45, 2.75) is 26.0 Å². The van der Waals surface area contributed by atoms with Gasteiger partial charge < -0.3 is 19.9 Å². The van der Waals surface area contributed by atoms with Gasteiger partial charge >= 0.3 is 0 Å². The van der Waals surface area contributed by atoms with Gasteiger partial charge in [0.1, 0.15) is 6.61 Å². The van der Waals surface area contributed by atoms with E-state index in [1.54, 1.807) is 12.1 Å². The fraction of sp³-hybridized carbons (Fsp3) is 0.500. The molecule has 19 heavy (non-hydrogen) atoms. The van der Waals surface area contributed by atoms with Gasteiger partial charge in [0.25, 0.3) is 5.91 Å². The van der Waals surface area contributed by atoms with Gasteiger partial charge in [-0.2, -0.15) is 0 Å². The van der Waals surface area contributed by atoms with Crippen LogP contribution in [0.2, 0.25) is 0 Å². The van der Waals surface area contributed by atoms with Crippen molar-refractivity contribution in [3.8, 4) is 11.5 Å². The molecule has 1 aliphatic heterocycles. The zero-order valence-electron chi connectivity index (χ0n) is 11.1. The van der Waals surface area contributed by atoms with E-state index in [1.807, 2.05) is 26.0 Å². The van der Waals surface area contributed by atoms with Crippen LogP contribution in [0.5, 0.6) is 11.5 Å². The van der Waals surface area contributed by atoms with E-state index in [1.165, 1.54) is 0 Å². The third kappa shape index (κ3) is 3.17. The molecule has 2 N–H and O–H groups in total. The van der Waals surface area contributed by atoms with Gasteiger partial charge in [0.15, 0.2) is 11.5 Å². The molecule has 1 heterocycles. The monoisotopic (exact) mass is 265 g/mol. The highest BCUT2D eigenvalue weighted by atomic mass is 16.6. The summed E-state index contributed by atoms with van der Waals surface area (Å²) in [4.78, 5) is 12.1. The quantitative estimate of drug-likeness (QED) is 0.851. The lowest BCUT2D eigenvalue weighted by atomic mass is 10.1. The lowest BCUT2D eigenvalue weighted by Crippen LogP contribution is -2.50. The largest absolute Gasteiger partial charge is 0.485 e. The lowest BCUT2D eigenvalue weighted by molar-refractivity contribution is -0.131. The van der Waals surface area contributed by atoms with Crippen molar-refractivity contribution in [1.29, 1.82) is 0 Å². The molecule has 2 unspecified atom stereocenters. The summed E-state index contributed by atoms with van der Waals surface area (Å²) >= 11 is 0. The Morgan fingerprint density at radius 3 is 2.74 bits per heavy atom. The molecule has 1 amide bonds. The summed E-state index contributed by atoms with van der Waals surface area (Å²) in [5.74, 6) is 1.11. The maximum Gasteiger partial charge on any atom is 0.265 e. The van der Waals surface area contributed by atoms with E-state index >= 15 is 0 Å². The van der Waals surface area contributed by atoms with Gasteiger partial charge in [-0.3, -0.25) is 4.79 Å². The fourth-order valence-corrected chi connectivity index (χ4v) is 1.85. The number of amides is 1. The molecular weight excluding hydrogens is 246 g/mol. The summed E-state index contributed by atoms with van der Waals surface area (Å²) in [6, 6.07) is 6.97. The van der Waals surface area contributed by atoms with Gasteiger partial charge in [-0.25, -0.2) is 0 Å². The third-order valence-electron chi connectivity index (χ3n) is 3.13. The Labute approximate surface area is 112 Å². The van der Waals surface area contributed by atoms with E-state index in [0.29, 0.717) is 11.5 Å². The van der Waals surface area contributed by atoms with Gasteiger partial charge in [0.2, 0.25) is 6.10 Å². The Bertz CT molecular complexity index is 447. The smallest absolute Gasteiger partial charge is 0.265 e. The van der Waals surface area contributed by atoms with E-state index in [4.69, 9.17) is 9.47 Å². The van der Waals surface area contributed by atoms with Crippen molar-refractivity contribution < 1.29 is 19.4 Å². The summed E-state index contributed by atoms with van der Waals surface area (Å²) in [6.07, 6.45) is -0.678. The van der Waals surface area contributed by atoms with E-state index in [-0.39, 0.29) is 31.1 Å². The van der Waals surface area contributed by atoms with Crippen LogP contribution in [-0.4, -0.2) is 36.4 Å². The molecular formula is C14H19NO4. The number of ether oxygens (including phenoxy) is 2. The second kappa shape index (κ2) is 5.93. The Morgan fingerprint density at radius 2 is 2.11 bits per heavy atom. The number of para-hydroxylation sites is 2. The normalized spacial score (nSPS) is 19.1.